The van der Waals surface area contributed by atoms with Crippen molar-refractivity contribution in [2.75, 3.05) is 13.2 Å². The Kier molecular flexibility index (Phi) is 5.71. The molecule has 1 atom stereocenters. The van der Waals surface area contributed by atoms with Gasteiger partial charge < -0.3 is 15.5 Å². The number of nitrogens with one attached hydrogen (secondary N) is 1. The quantitative estimate of drug-likeness (QED) is 0.752. The zero-order valence-corrected chi connectivity index (χ0v) is 10.5. The summed E-state index contributed by atoms with van der Waals surface area (Å²) in [5.41, 5.74) is 0.659. The highest BCUT2D eigenvalue weighted by atomic mass is 35.5. The Balaban J connectivity index is 2.50. The Hall–Kier alpha value is -0.810. The van der Waals surface area contributed by atoms with Crippen molar-refractivity contribution in [1.29, 1.82) is 0 Å². The Labute approximate surface area is 109 Å². The second-order valence-corrected chi connectivity index (χ2v) is 4.40. The van der Waals surface area contributed by atoms with E-state index in [4.69, 9.17) is 33.4 Å². The van der Waals surface area contributed by atoms with Gasteiger partial charge in [-0.15, -0.1) is 0 Å². The SMILES string of the molecule is O=C(Cc1ccc(Cl)cc1Cl)NCC(O)CO. The summed E-state index contributed by atoms with van der Waals surface area (Å²) >= 11 is 11.6. The number of aliphatic hydroxyl groups excluding tert-OH is 2. The largest absolute Gasteiger partial charge is 0.394 e. The van der Waals surface area contributed by atoms with Gasteiger partial charge in [-0.3, -0.25) is 4.79 Å². The second-order valence-electron chi connectivity index (χ2n) is 3.55. The van der Waals surface area contributed by atoms with Crippen LogP contribution in [-0.2, 0) is 11.2 Å². The molecule has 94 valence electrons. The van der Waals surface area contributed by atoms with Crippen LogP contribution in [0.3, 0.4) is 0 Å². The lowest BCUT2D eigenvalue weighted by Crippen LogP contribution is -2.34. The Bertz CT molecular complexity index is 398. The van der Waals surface area contributed by atoms with Gasteiger partial charge in [0.05, 0.1) is 19.1 Å². The number of carbonyl (C=O) groups excluding carboxylic acids is 1. The third kappa shape index (κ3) is 4.91. The number of hydrogen-bond donors (Lipinski definition) is 3. The molecule has 0 aliphatic heterocycles. The maximum absolute atomic E-state index is 11.5. The molecule has 3 N–H and O–H groups in total. The molecule has 0 spiro atoms. The summed E-state index contributed by atoms with van der Waals surface area (Å²) < 4.78 is 0. The molecule has 0 saturated heterocycles. The highest BCUT2D eigenvalue weighted by Gasteiger charge is 2.09. The summed E-state index contributed by atoms with van der Waals surface area (Å²) in [5.74, 6) is -0.276. The molecule has 0 radical (unpaired) electrons. The van der Waals surface area contributed by atoms with Gasteiger partial charge in [0, 0.05) is 16.6 Å². The monoisotopic (exact) mass is 277 g/mol. The van der Waals surface area contributed by atoms with Gasteiger partial charge in [0.15, 0.2) is 0 Å². The highest BCUT2D eigenvalue weighted by Crippen LogP contribution is 2.21. The smallest absolute Gasteiger partial charge is 0.224 e. The maximum atomic E-state index is 11.5. The highest BCUT2D eigenvalue weighted by molar-refractivity contribution is 6.35. The fourth-order valence-corrected chi connectivity index (χ4v) is 1.67. The molecule has 1 unspecified atom stereocenters. The van der Waals surface area contributed by atoms with Crippen molar-refractivity contribution in [3.63, 3.8) is 0 Å². The van der Waals surface area contributed by atoms with Gasteiger partial charge >= 0.3 is 0 Å². The van der Waals surface area contributed by atoms with Gasteiger partial charge in [-0.25, -0.2) is 0 Å². The third-order valence-corrected chi connectivity index (χ3v) is 2.70. The minimum atomic E-state index is -0.945. The van der Waals surface area contributed by atoms with Crippen LogP contribution in [0.1, 0.15) is 5.56 Å². The molecule has 1 amide bonds. The summed E-state index contributed by atoms with van der Waals surface area (Å²) in [4.78, 5) is 11.5. The summed E-state index contributed by atoms with van der Waals surface area (Å²) in [5, 5.41) is 21.0. The number of rotatable bonds is 5. The molecule has 0 aromatic heterocycles. The molecule has 1 rings (SSSR count). The summed E-state index contributed by atoms with van der Waals surface area (Å²) in [6.07, 6.45) is -0.839. The third-order valence-electron chi connectivity index (χ3n) is 2.11. The first-order valence-corrected chi connectivity index (χ1v) is 5.78. The number of halogens is 2. The van der Waals surface area contributed by atoms with Crippen molar-refractivity contribution in [2.45, 2.75) is 12.5 Å². The van der Waals surface area contributed by atoms with E-state index in [1.807, 2.05) is 0 Å². The van der Waals surface area contributed by atoms with E-state index in [0.29, 0.717) is 15.6 Å². The Morgan fingerprint density at radius 2 is 2.12 bits per heavy atom. The van der Waals surface area contributed by atoms with E-state index in [1.54, 1.807) is 18.2 Å². The lowest BCUT2D eigenvalue weighted by Gasteiger charge is -2.09. The fraction of sp³-hybridized carbons (Fsp3) is 0.364. The molecule has 17 heavy (non-hydrogen) atoms. The minimum Gasteiger partial charge on any atom is -0.394 e. The predicted octanol–water partition coefficient (Wildman–Crippen LogP) is 1.01. The molecule has 1 aromatic rings. The van der Waals surface area contributed by atoms with Crippen molar-refractivity contribution in [3.8, 4) is 0 Å². The van der Waals surface area contributed by atoms with E-state index in [9.17, 15) is 4.79 Å². The molecule has 0 heterocycles. The van der Waals surface area contributed by atoms with E-state index in [1.165, 1.54) is 0 Å². The molecular weight excluding hydrogens is 265 g/mol. The number of benzene rings is 1. The van der Waals surface area contributed by atoms with E-state index in [-0.39, 0.29) is 25.5 Å². The second kappa shape index (κ2) is 6.81. The van der Waals surface area contributed by atoms with Crippen molar-refractivity contribution < 1.29 is 15.0 Å². The van der Waals surface area contributed by atoms with Crippen molar-refractivity contribution in [3.05, 3.63) is 33.8 Å². The Morgan fingerprint density at radius 1 is 1.41 bits per heavy atom. The number of amides is 1. The van der Waals surface area contributed by atoms with Gasteiger partial charge in [-0.05, 0) is 17.7 Å². The van der Waals surface area contributed by atoms with Crippen LogP contribution in [-0.4, -0.2) is 35.4 Å². The van der Waals surface area contributed by atoms with Gasteiger partial charge in [-0.1, -0.05) is 29.3 Å². The zero-order chi connectivity index (χ0) is 12.8. The van der Waals surface area contributed by atoms with Gasteiger partial charge in [0.25, 0.3) is 0 Å². The number of aliphatic hydroxyl groups is 2. The fourth-order valence-electron chi connectivity index (χ4n) is 1.20. The first-order chi connectivity index (χ1) is 8.02. The first-order valence-electron chi connectivity index (χ1n) is 5.02. The van der Waals surface area contributed by atoms with Gasteiger partial charge in [0.2, 0.25) is 5.91 Å². The van der Waals surface area contributed by atoms with Crippen LogP contribution in [0.4, 0.5) is 0 Å². The van der Waals surface area contributed by atoms with E-state index < -0.39 is 6.10 Å². The Morgan fingerprint density at radius 3 is 2.71 bits per heavy atom. The van der Waals surface area contributed by atoms with Gasteiger partial charge in [0.1, 0.15) is 0 Å². The molecule has 0 aliphatic rings. The van der Waals surface area contributed by atoms with Crippen LogP contribution in [0.2, 0.25) is 10.0 Å². The average Bonchev–Trinajstić information content (AvgIpc) is 2.29. The molecule has 0 saturated carbocycles. The lowest BCUT2D eigenvalue weighted by molar-refractivity contribution is -0.121. The summed E-state index contributed by atoms with van der Waals surface area (Å²) in [6.45, 7) is -0.372. The molecule has 0 aliphatic carbocycles. The van der Waals surface area contributed by atoms with Crippen LogP contribution >= 0.6 is 23.2 Å². The summed E-state index contributed by atoms with van der Waals surface area (Å²) in [6, 6.07) is 4.89. The minimum absolute atomic E-state index is 0.0144. The van der Waals surface area contributed by atoms with E-state index in [2.05, 4.69) is 5.32 Å². The molecule has 4 nitrogen and oxygen atoms in total. The van der Waals surface area contributed by atoms with E-state index >= 15 is 0 Å². The van der Waals surface area contributed by atoms with Crippen LogP contribution in [0.5, 0.6) is 0 Å². The molecule has 1 aromatic carbocycles. The maximum Gasteiger partial charge on any atom is 0.224 e. The number of hydrogen-bond acceptors (Lipinski definition) is 3. The summed E-state index contributed by atoms with van der Waals surface area (Å²) in [7, 11) is 0. The average molecular weight is 278 g/mol. The lowest BCUT2D eigenvalue weighted by atomic mass is 10.1. The molecular formula is C11H13Cl2NO3. The predicted molar refractivity (Wildman–Crippen MR) is 66.3 cm³/mol. The van der Waals surface area contributed by atoms with Crippen LogP contribution < -0.4 is 5.32 Å². The van der Waals surface area contributed by atoms with E-state index in [0.717, 1.165) is 0 Å². The standard InChI is InChI=1S/C11H13Cl2NO3/c12-8-2-1-7(10(13)4-8)3-11(17)14-5-9(16)6-15/h1-2,4,9,15-16H,3,5-6H2,(H,14,17). The zero-order valence-electron chi connectivity index (χ0n) is 8.99. The van der Waals surface area contributed by atoms with Crippen molar-refractivity contribution in [2.24, 2.45) is 0 Å². The van der Waals surface area contributed by atoms with Crippen molar-refractivity contribution >= 4 is 29.1 Å². The molecule has 0 bridgehead atoms. The molecule has 6 heteroatoms. The first kappa shape index (κ1) is 14.3. The van der Waals surface area contributed by atoms with Crippen LogP contribution in [0, 0.1) is 0 Å². The molecule has 0 fully saturated rings. The van der Waals surface area contributed by atoms with Crippen molar-refractivity contribution in [1.82, 2.24) is 5.32 Å². The topological polar surface area (TPSA) is 69.6 Å². The number of carbonyl (C=O) groups is 1. The van der Waals surface area contributed by atoms with Gasteiger partial charge in [-0.2, -0.15) is 0 Å². The van der Waals surface area contributed by atoms with Crippen LogP contribution in [0.15, 0.2) is 18.2 Å². The normalized spacial score (nSPS) is 12.2. The van der Waals surface area contributed by atoms with Crippen LogP contribution in [0.25, 0.3) is 0 Å².